The van der Waals surface area contributed by atoms with Crippen molar-refractivity contribution in [2.24, 2.45) is 0 Å². The van der Waals surface area contributed by atoms with Gasteiger partial charge in [0, 0.05) is 12.6 Å². The topological polar surface area (TPSA) is 26.8 Å². The van der Waals surface area contributed by atoms with E-state index in [0.717, 1.165) is 18.7 Å². The molecule has 4 rings (SSSR count). The van der Waals surface area contributed by atoms with Crippen molar-refractivity contribution < 1.29 is 4.79 Å². The van der Waals surface area contributed by atoms with E-state index in [2.05, 4.69) is 16.7 Å². The van der Waals surface area contributed by atoms with Gasteiger partial charge in [0.05, 0.1) is 22.8 Å². The van der Waals surface area contributed by atoms with Crippen LogP contribution in [0.3, 0.4) is 0 Å². The van der Waals surface area contributed by atoms with Crippen LogP contribution in [0, 0.1) is 0 Å². The summed E-state index contributed by atoms with van der Waals surface area (Å²) in [6, 6.07) is 8.64. The molecule has 0 saturated carbocycles. The molecule has 3 heterocycles. The van der Waals surface area contributed by atoms with E-state index < -0.39 is 0 Å². The molecule has 0 aromatic heterocycles. The largest absolute Gasteiger partial charge is 0.305 e. The number of para-hydroxylation sites is 1. The Labute approximate surface area is 149 Å². The number of anilines is 1. The van der Waals surface area contributed by atoms with Crippen LogP contribution >= 0.6 is 11.6 Å². The molecule has 2 atom stereocenters. The standard InChI is InChI=1S/C19H26ClN3O/c1-2-9-21-10-7-14(8-11-21)22-13-15-12-18(22)19(24)23(15)17-6-4-3-5-16(17)20/h3-6,14-15,18H,2,7-13H2,1H3/t15-,18-/m0/s1. The number of piperidine rings is 1. The van der Waals surface area contributed by atoms with Crippen molar-refractivity contribution in [2.75, 3.05) is 31.1 Å². The molecule has 1 aromatic carbocycles. The van der Waals surface area contributed by atoms with Gasteiger partial charge in [0.25, 0.3) is 0 Å². The molecule has 5 heteroatoms. The molecule has 1 amide bonds. The second-order valence-electron chi connectivity index (χ2n) is 7.33. The lowest BCUT2D eigenvalue weighted by atomic mass is 10.0. The third kappa shape index (κ3) is 2.75. The van der Waals surface area contributed by atoms with Crippen molar-refractivity contribution in [2.45, 2.75) is 50.7 Å². The van der Waals surface area contributed by atoms with Gasteiger partial charge in [-0.3, -0.25) is 9.69 Å². The van der Waals surface area contributed by atoms with Crippen LogP contribution in [0.1, 0.15) is 32.6 Å². The summed E-state index contributed by atoms with van der Waals surface area (Å²) in [4.78, 5) is 20.0. The molecule has 3 saturated heterocycles. The summed E-state index contributed by atoms with van der Waals surface area (Å²) >= 11 is 6.32. The number of benzene rings is 1. The van der Waals surface area contributed by atoms with E-state index in [1.165, 1.54) is 38.9 Å². The average molecular weight is 348 g/mol. The maximum absolute atomic E-state index is 13.0. The second-order valence-corrected chi connectivity index (χ2v) is 7.74. The zero-order valence-corrected chi connectivity index (χ0v) is 15.1. The fraction of sp³-hybridized carbons (Fsp3) is 0.632. The van der Waals surface area contributed by atoms with E-state index in [4.69, 9.17) is 11.6 Å². The molecular formula is C19H26ClN3O. The Kier molecular flexibility index (Phi) is 4.54. The maximum Gasteiger partial charge on any atom is 0.244 e. The van der Waals surface area contributed by atoms with Crippen LogP contribution in [0.5, 0.6) is 0 Å². The van der Waals surface area contributed by atoms with Crippen LogP contribution in [0.4, 0.5) is 5.69 Å². The number of likely N-dealkylation sites (tertiary alicyclic amines) is 2. The van der Waals surface area contributed by atoms with Crippen LogP contribution in [0.15, 0.2) is 24.3 Å². The third-order valence-corrected chi connectivity index (χ3v) is 6.20. The van der Waals surface area contributed by atoms with Crippen molar-refractivity contribution in [1.29, 1.82) is 0 Å². The summed E-state index contributed by atoms with van der Waals surface area (Å²) in [6.45, 7) is 6.80. The molecule has 3 aliphatic heterocycles. The fourth-order valence-corrected chi connectivity index (χ4v) is 4.99. The van der Waals surface area contributed by atoms with Crippen molar-refractivity contribution in [3.05, 3.63) is 29.3 Å². The second kappa shape index (κ2) is 6.66. The van der Waals surface area contributed by atoms with E-state index >= 15 is 0 Å². The van der Waals surface area contributed by atoms with E-state index in [1.54, 1.807) is 0 Å². The molecule has 2 bridgehead atoms. The number of hydrogen-bond donors (Lipinski definition) is 0. The highest BCUT2D eigenvalue weighted by molar-refractivity contribution is 6.34. The number of carbonyl (C=O) groups is 1. The zero-order chi connectivity index (χ0) is 16.7. The van der Waals surface area contributed by atoms with E-state index in [-0.39, 0.29) is 18.0 Å². The summed E-state index contributed by atoms with van der Waals surface area (Å²) in [5.74, 6) is 0.246. The quantitative estimate of drug-likeness (QED) is 0.837. The molecule has 0 radical (unpaired) electrons. The SMILES string of the molecule is CCCN1CCC(N2C[C@@H]3C[C@H]2C(=O)N3c2ccccc2Cl)CC1. The predicted molar refractivity (Wildman–Crippen MR) is 97.6 cm³/mol. The Morgan fingerprint density at radius 2 is 1.92 bits per heavy atom. The maximum atomic E-state index is 13.0. The van der Waals surface area contributed by atoms with Crippen LogP contribution in [0.25, 0.3) is 0 Å². The highest BCUT2D eigenvalue weighted by atomic mass is 35.5. The summed E-state index contributed by atoms with van der Waals surface area (Å²) in [5.41, 5.74) is 0.883. The van der Waals surface area contributed by atoms with Crippen molar-refractivity contribution in [3.63, 3.8) is 0 Å². The van der Waals surface area contributed by atoms with Crippen LogP contribution in [0.2, 0.25) is 5.02 Å². The minimum atomic E-state index is 0.0639. The Morgan fingerprint density at radius 1 is 1.17 bits per heavy atom. The molecule has 3 fully saturated rings. The number of nitrogens with zero attached hydrogens (tertiary/aromatic N) is 3. The first-order chi connectivity index (χ1) is 11.7. The van der Waals surface area contributed by atoms with Gasteiger partial charge in [0.2, 0.25) is 5.91 Å². The first-order valence-electron chi connectivity index (χ1n) is 9.24. The molecule has 0 unspecified atom stereocenters. The van der Waals surface area contributed by atoms with Crippen molar-refractivity contribution in [1.82, 2.24) is 9.80 Å². The number of rotatable bonds is 4. The van der Waals surface area contributed by atoms with Gasteiger partial charge in [0.15, 0.2) is 0 Å². The Morgan fingerprint density at radius 3 is 2.58 bits per heavy atom. The minimum absolute atomic E-state index is 0.0639. The highest BCUT2D eigenvalue weighted by Crippen LogP contribution is 2.40. The van der Waals surface area contributed by atoms with Gasteiger partial charge in [-0.2, -0.15) is 0 Å². The molecule has 1 aromatic rings. The average Bonchev–Trinajstić information content (AvgIpc) is 3.15. The van der Waals surface area contributed by atoms with Crippen LogP contribution < -0.4 is 4.90 Å². The number of halogens is 1. The van der Waals surface area contributed by atoms with Gasteiger partial charge < -0.3 is 9.80 Å². The van der Waals surface area contributed by atoms with Crippen molar-refractivity contribution >= 4 is 23.2 Å². The van der Waals surface area contributed by atoms with Gasteiger partial charge in [-0.25, -0.2) is 0 Å². The summed E-state index contributed by atoms with van der Waals surface area (Å²) < 4.78 is 0. The number of amides is 1. The van der Waals surface area contributed by atoms with Gasteiger partial charge in [0.1, 0.15) is 0 Å². The van der Waals surface area contributed by atoms with E-state index in [1.807, 2.05) is 29.2 Å². The monoisotopic (exact) mass is 347 g/mol. The molecule has 0 spiro atoms. The summed E-state index contributed by atoms with van der Waals surface area (Å²) in [5, 5.41) is 0.679. The summed E-state index contributed by atoms with van der Waals surface area (Å²) in [6.07, 6.45) is 4.58. The molecule has 130 valence electrons. The zero-order valence-electron chi connectivity index (χ0n) is 14.3. The highest BCUT2D eigenvalue weighted by Gasteiger charge is 2.52. The van der Waals surface area contributed by atoms with Gasteiger partial charge in [-0.05, 0) is 57.5 Å². The minimum Gasteiger partial charge on any atom is -0.305 e. The number of piperazine rings is 1. The number of carbonyl (C=O) groups excluding carboxylic acids is 1. The lowest BCUT2D eigenvalue weighted by molar-refractivity contribution is -0.124. The number of fused-ring (bicyclic) bond motifs is 2. The van der Waals surface area contributed by atoms with Gasteiger partial charge >= 0.3 is 0 Å². The molecule has 4 nitrogen and oxygen atoms in total. The lowest BCUT2D eigenvalue weighted by Crippen LogP contribution is -2.56. The van der Waals surface area contributed by atoms with Crippen LogP contribution in [-0.2, 0) is 4.79 Å². The molecule has 0 N–H and O–H groups in total. The Balaban J connectivity index is 1.44. The van der Waals surface area contributed by atoms with Gasteiger partial charge in [-0.15, -0.1) is 0 Å². The first kappa shape index (κ1) is 16.4. The molecule has 24 heavy (non-hydrogen) atoms. The molecule has 3 aliphatic rings. The lowest BCUT2D eigenvalue weighted by Gasteiger charge is -2.42. The Hall–Kier alpha value is -1.10. The normalized spacial score (nSPS) is 28.9. The third-order valence-electron chi connectivity index (χ3n) is 5.88. The molecular weight excluding hydrogens is 322 g/mol. The van der Waals surface area contributed by atoms with Crippen LogP contribution in [-0.4, -0.2) is 60.0 Å². The van der Waals surface area contributed by atoms with Gasteiger partial charge in [-0.1, -0.05) is 30.7 Å². The van der Waals surface area contributed by atoms with E-state index in [0.29, 0.717) is 11.1 Å². The molecule has 0 aliphatic carbocycles. The Bertz CT molecular complexity index is 614. The summed E-state index contributed by atoms with van der Waals surface area (Å²) in [7, 11) is 0. The van der Waals surface area contributed by atoms with E-state index in [9.17, 15) is 4.79 Å². The predicted octanol–water partition coefficient (Wildman–Crippen LogP) is 3.00. The first-order valence-corrected chi connectivity index (χ1v) is 9.62. The van der Waals surface area contributed by atoms with Crippen molar-refractivity contribution in [3.8, 4) is 0 Å². The fourth-order valence-electron chi connectivity index (χ4n) is 4.77. The smallest absolute Gasteiger partial charge is 0.244 e. The number of hydrogen-bond acceptors (Lipinski definition) is 3.